The van der Waals surface area contributed by atoms with Crippen molar-refractivity contribution in [3.8, 4) is 5.75 Å². The fourth-order valence-corrected chi connectivity index (χ4v) is 1.36. The first kappa shape index (κ1) is 14.8. The molecule has 1 atom stereocenters. The molecule has 1 unspecified atom stereocenters. The normalized spacial score (nSPS) is 15.0. The number of carbonyl (C=O) groups is 1. The van der Waals surface area contributed by atoms with Gasteiger partial charge in [0, 0.05) is 0 Å². The van der Waals surface area contributed by atoms with Gasteiger partial charge in [0.15, 0.2) is 11.3 Å². The van der Waals surface area contributed by atoms with Crippen LogP contribution in [-0.4, -0.2) is 22.7 Å². The first-order valence-electron chi connectivity index (χ1n) is 4.72. The number of phenols is 1. The molecule has 0 saturated carbocycles. The van der Waals surface area contributed by atoms with Crippen LogP contribution in [0.15, 0.2) is 22.7 Å². The number of nitrogens with one attached hydrogen (secondary N) is 1. The Labute approximate surface area is 109 Å². The van der Waals surface area contributed by atoms with E-state index in [1.54, 1.807) is 0 Å². The third kappa shape index (κ3) is 2.75. The lowest BCUT2D eigenvalue weighted by molar-refractivity contribution is -0.184. The Morgan fingerprint density at radius 2 is 2.00 bits per heavy atom. The van der Waals surface area contributed by atoms with Crippen molar-refractivity contribution in [2.45, 2.75) is 18.6 Å². The number of phenolic OH excluding ortho intramolecular Hbond substituents is 1. The van der Waals surface area contributed by atoms with Crippen LogP contribution in [0, 0.1) is 0 Å². The highest BCUT2D eigenvalue weighted by molar-refractivity contribution is 9.10. The van der Waals surface area contributed by atoms with Crippen LogP contribution in [0.5, 0.6) is 5.75 Å². The number of rotatable bonds is 2. The molecular weight excluding hydrogens is 317 g/mol. The van der Waals surface area contributed by atoms with E-state index in [-0.39, 0.29) is 15.9 Å². The second-order valence-corrected chi connectivity index (χ2v) is 4.64. The van der Waals surface area contributed by atoms with Crippen molar-refractivity contribution in [3.63, 3.8) is 0 Å². The summed E-state index contributed by atoms with van der Waals surface area (Å²) >= 11 is 2.97. The molecule has 4 nitrogen and oxygen atoms in total. The summed E-state index contributed by atoms with van der Waals surface area (Å²) in [6.07, 6.45) is -4.89. The number of hydrogen-bond donors (Lipinski definition) is 3. The van der Waals surface area contributed by atoms with Gasteiger partial charge in [-0.25, -0.2) is 0 Å². The Kier molecular flexibility index (Phi) is 3.92. The molecule has 0 aliphatic rings. The van der Waals surface area contributed by atoms with Crippen LogP contribution in [0.1, 0.15) is 6.92 Å². The number of nitrogens with two attached hydrogens (primary N) is 1. The number of amides is 1. The Morgan fingerprint density at radius 3 is 2.50 bits per heavy atom. The van der Waals surface area contributed by atoms with E-state index in [4.69, 9.17) is 5.73 Å². The molecule has 4 N–H and O–H groups in total. The van der Waals surface area contributed by atoms with Gasteiger partial charge in [-0.05, 0) is 35.0 Å². The maximum Gasteiger partial charge on any atom is 0.415 e. The minimum Gasteiger partial charge on any atom is -0.505 e. The third-order valence-corrected chi connectivity index (χ3v) is 2.94. The highest BCUT2D eigenvalue weighted by Crippen LogP contribution is 2.34. The van der Waals surface area contributed by atoms with Crippen molar-refractivity contribution < 1.29 is 23.1 Å². The summed E-state index contributed by atoms with van der Waals surface area (Å²) in [4.78, 5) is 11.5. The first-order valence-corrected chi connectivity index (χ1v) is 5.51. The minimum absolute atomic E-state index is 0.157. The molecule has 1 aromatic carbocycles. The average molecular weight is 327 g/mol. The summed E-state index contributed by atoms with van der Waals surface area (Å²) in [6, 6.07) is 4.17. The van der Waals surface area contributed by atoms with Gasteiger partial charge in [-0.3, -0.25) is 4.79 Å². The summed E-state index contributed by atoms with van der Waals surface area (Å²) in [5.41, 5.74) is 1.75. The number of para-hydroxylation sites is 1. The highest BCUT2D eigenvalue weighted by Gasteiger charge is 2.54. The topological polar surface area (TPSA) is 75.4 Å². The zero-order valence-electron chi connectivity index (χ0n) is 9.18. The Bertz CT molecular complexity index is 475. The molecule has 0 aliphatic carbocycles. The molecule has 0 bridgehead atoms. The van der Waals surface area contributed by atoms with Gasteiger partial charge in [-0.2, -0.15) is 13.2 Å². The van der Waals surface area contributed by atoms with E-state index in [1.807, 2.05) is 5.32 Å². The van der Waals surface area contributed by atoms with Crippen LogP contribution in [0.25, 0.3) is 0 Å². The van der Waals surface area contributed by atoms with Gasteiger partial charge in [0.05, 0.1) is 10.2 Å². The van der Waals surface area contributed by atoms with E-state index >= 15 is 0 Å². The van der Waals surface area contributed by atoms with Crippen LogP contribution in [-0.2, 0) is 4.79 Å². The second-order valence-electron chi connectivity index (χ2n) is 3.79. The maximum absolute atomic E-state index is 12.5. The molecule has 18 heavy (non-hydrogen) atoms. The number of halogens is 4. The van der Waals surface area contributed by atoms with Gasteiger partial charge in [-0.15, -0.1) is 0 Å². The van der Waals surface area contributed by atoms with Crippen LogP contribution in [0.2, 0.25) is 0 Å². The molecule has 8 heteroatoms. The molecule has 0 saturated heterocycles. The summed E-state index contributed by atoms with van der Waals surface area (Å²) in [5, 5.41) is 11.5. The SMILES string of the molecule is CC(N)(C(=O)Nc1cccc(Br)c1O)C(F)(F)F. The quantitative estimate of drug-likeness (QED) is 0.730. The molecule has 0 aromatic heterocycles. The lowest BCUT2D eigenvalue weighted by atomic mass is 10.0. The smallest absolute Gasteiger partial charge is 0.415 e. The number of aromatic hydroxyl groups is 1. The van der Waals surface area contributed by atoms with Crippen LogP contribution < -0.4 is 11.1 Å². The van der Waals surface area contributed by atoms with Crippen molar-refractivity contribution in [2.24, 2.45) is 5.73 Å². The summed E-state index contributed by atoms with van der Waals surface area (Å²) < 4.78 is 37.8. The van der Waals surface area contributed by atoms with Crippen LogP contribution in [0.3, 0.4) is 0 Å². The van der Waals surface area contributed by atoms with E-state index in [1.165, 1.54) is 18.2 Å². The van der Waals surface area contributed by atoms with Crippen LogP contribution >= 0.6 is 15.9 Å². The monoisotopic (exact) mass is 326 g/mol. The molecule has 0 aliphatic heterocycles. The average Bonchev–Trinajstić information content (AvgIpc) is 2.23. The van der Waals surface area contributed by atoms with E-state index in [9.17, 15) is 23.1 Å². The summed E-state index contributed by atoms with van der Waals surface area (Å²) in [6.45, 7) is 0.553. The molecule has 1 rings (SSSR count). The van der Waals surface area contributed by atoms with Gasteiger partial charge in [-0.1, -0.05) is 6.07 Å². The molecule has 100 valence electrons. The number of alkyl halides is 3. The van der Waals surface area contributed by atoms with Crippen molar-refractivity contribution >= 4 is 27.5 Å². The molecule has 0 fully saturated rings. The zero-order valence-corrected chi connectivity index (χ0v) is 10.8. The first-order chi connectivity index (χ1) is 8.07. The van der Waals surface area contributed by atoms with Crippen molar-refractivity contribution in [3.05, 3.63) is 22.7 Å². The number of hydrogen-bond acceptors (Lipinski definition) is 3. The third-order valence-electron chi connectivity index (χ3n) is 2.30. The molecular formula is C10H10BrF3N2O2. The van der Waals surface area contributed by atoms with Crippen molar-refractivity contribution in [2.75, 3.05) is 5.32 Å². The highest BCUT2D eigenvalue weighted by atomic mass is 79.9. The Hall–Kier alpha value is -1.28. The van der Waals surface area contributed by atoms with E-state index in [0.717, 1.165) is 0 Å². The molecule has 0 radical (unpaired) electrons. The largest absolute Gasteiger partial charge is 0.505 e. The zero-order chi connectivity index (χ0) is 14.1. The van der Waals surface area contributed by atoms with E-state index in [2.05, 4.69) is 15.9 Å². The van der Waals surface area contributed by atoms with Crippen molar-refractivity contribution in [1.29, 1.82) is 0 Å². The number of anilines is 1. The van der Waals surface area contributed by atoms with Gasteiger partial charge < -0.3 is 16.2 Å². The molecule has 0 heterocycles. The Balaban J connectivity index is 2.99. The fourth-order valence-electron chi connectivity index (χ4n) is 0.997. The van der Waals surface area contributed by atoms with Gasteiger partial charge in [0.2, 0.25) is 0 Å². The van der Waals surface area contributed by atoms with Crippen LogP contribution in [0.4, 0.5) is 18.9 Å². The molecule has 0 spiro atoms. The fraction of sp³-hybridized carbons (Fsp3) is 0.300. The Morgan fingerprint density at radius 1 is 1.44 bits per heavy atom. The second kappa shape index (κ2) is 4.77. The number of carbonyl (C=O) groups excluding carboxylic acids is 1. The standard InChI is InChI=1S/C10H10BrF3N2O2/c1-9(15,10(12,13)14)8(18)16-6-4-2-3-5(11)7(6)17/h2-4,17H,15H2,1H3,(H,16,18). The van der Waals surface area contributed by atoms with E-state index < -0.39 is 17.6 Å². The predicted molar refractivity (Wildman–Crippen MR) is 63.1 cm³/mol. The lowest BCUT2D eigenvalue weighted by Gasteiger charge is -2.26. The molecule has 1 aromatic rings. The van der Waals surface area contributed by atoms with Gasteiger partial charge in [0.25, 0.3) is 5.91 Å². The van der Waals surface area contributed by atoms with Crippen molar-refractivity contribution in [1.82, 2.24) is 0 Å². The summed E-state index contributed by atoms with van der Waals surface area (Å²) in [7, 11) is 0. The summed E-state index contributed by atoms with van der Waals surface area (Å²) in [5.74, 6) is -1.83. The van der Waals surface area contributed by atoms with E-state index in [0.29, 0.717) is 6.92 Å². The number of benzene rings is 1. The molecule has 1 amide bonds. The predicted octanol–water partition coefficient (Wildman–Crippen LogP) is 2.37. The maximum atomic E-state index is 12.5. The minimum atomic E-state index is -4.89. The van der Waals surface area contributed by atoms with Gasteiger partial charge >= 0.3 is 6.18 Å². The lowest BCUT2D eigenvalue weighted by Crippen LogP contribution is -2.59. The van der Waals surface area contributed by atoms with Gasteiger partial charge in [0.1, 0.15) is 0 Å².